The average molecular weight is 595 g/mol. The molecule has 41 heavy (non-hydrogen) atoms. The van der Waals surface area contributed by atoms with Crippen LogP contribution in [0.4, 0.5) is 5.82 Å². The zero-order valence-corrected chi connectivity index (χ0v) is 25.7. The van der Waals surface area contributed by atoms with Crippen LogP contribution in [0.2, 0.25) is 22.7 Å². The molecule has 0 radical (unpaired) electrons. The molecule has 2 aromatic carbocycles. The molecule has 2 fully saturated rings. The highest BCUT2D eigenvalue weighted by Gasteiger charge is 2.62. The van der Waals surface area contributed by atoms with E-state index in [9.17, 15) is 9.59 Å². The van der Waals surface area contributed by atoms with Crippen molar-refractivity contribution in [1.82, 2.24) is 14.9 Å². The van der Waals surface area contributed by atoms with Gasteiger partial charge in [-0.25, -0.2) is 4.98 Å². The van der Waals surface area contributed by atoms with E-state index >= 15 is 0 Å². The maximum atomic E-state index is 13.2. The standard InChI is InChI=1S/C30H35ClN4O5Si/c1-19-15-33-27(16-32-19)34-28(36)22-11-23(39-20(2)17-38-41(5)18-30(41,3)4)14-24(12-22)40-26-8-7-21(13-25(26)31)29(37)35-9-6-10-35/h7-8,11-16,20H,6,9-10,17-18H2,1-5H3,(H,33,34,36)/t20-,41?/m0/s1. The van der Waals surface area contributed by atoms with Crippen LogP contribution in [0.25, 0.3) is 0 Å². The quantitative estimate of drug-likeness (QED) is 0.268. The van der Waals surface area contributed by atoms with Gasteiger partial charge in [-0.3, -0.25) is 14.6 Å². The van der Waals surface area contributed by atoms with Crippen LogP contribution in [-0.4, -0.2) is 60.8 Å². The number of rotatable bonds is 10. The van der Waals surface area contributed by atoms with Crippen molar-refractivity contribution in [3.8, 4) is 17.2 Å². The number of hydrogen-bond donors (Lipinski definition) is 1. The van der Waals surface area contributed by atoms with E-state index in [1.807, 2.05) is 13.8 Å². The Labute approximate surface area is 246 Å². The molecule has 3 heterocycles. The number of aromatic nitrogens is 2. The minimum absolute atomic E-state index is 0.0547. The number of carbonyl (C=O) groups excluding carboxylic acids is 2. The number of nitrogens with one attached hydrogen (secondary N) is 1. The second-order valence-electron chi connectivity index (χ2n) is 11.6. The number of carbonyl (C=O) groups is 2. The first kappa shape index (κ1) is 29.0. The van der Waals surface area contributed by atoms with Gasteiger partial charge in [0, 0.05) is 30.3 Å². The van der Waals surface area contributed by atoms with Gasteiger partial charge >= 0.3 is 0 Å². The third-order valence-corrected chi connectivity index (χ3v) is 13.0. The Morgan fingerprint density at radius 3 is 2.44 bits per heavy atom. The molecule has 2 atom stereocenters. The maximum absolute atomic E-state index is 13.2. The Hall–Kier alpha value is -3.47. The summed E-state index contributed by atoms with van der Waals surface area (Å²) in [6.07, 6.45) is 3.83. The predicted molar refractivity (Wildman–Crippen MR) is 160 cm³/mol. The van der Waals surface area contributed by atoms with E-state index in [4.69, 9.17) is 25.5 Å². The number of hydrogen-bond acceptors (Lipinski definition) is 7. The molecule has 216 valence electrons. The van der Waals surface area contributed by atoms with Crippen molar-refractivity contribution >= 4 is 37.6 Å². The van der Waals surface area contributed by atoms with Gasteiger partial charge in [0.1, 0.15) is 23.4 Å². The Kier molecular flexibility index (Phi) is 8.09. The van der Waals surface area contributed by atoms with Crippen molar-refractivity contribution in [2.75, 3.05) is 25.0 Å². The number of aryl methyl sites for hydroxylation is 1. The first-order valence-corrected chi connectivity index (χ1v) is 16.7. The first-order chi connectivity index (χ1) is 19.4. The van der Waals surface area contributed by atoms with Crippen molar-refractivity contribution in [2.24, 2.45) is 0 Å². The summed E-state index contributed by atoms with van der Waals surface area (Å²) in [5.41, 5.74) is 1.55. The molecule has 5 rings (SSSR count). The molecule has 9 nitrogen and oxygen atoms in total. The van der Waals surface area contributed by atoms with E-state index in [1.165, 1.54) is 6.20 Å². The minimum Gasteiger partial charge on any atom is -0.488 e. The predicted octanol–water partition coefficient (Wildman–Crippen LogP) is 6.48. The Morgan fingerprint density at radius 2 is 1.83 bits per heavy atom. The van der Waals surface area contributed by atoms with E-state index in [-0.39, 0.29) is 22.1 Å². The highest BCUT2D eigenvalue weighted by atomic mass is 35.5. The molecule has 3 aromatic rings. The third-order valence-electron chi connectivity index (χ3n) is 7.77. The van der Waals surface area contributed by atoms with E-state index in [0.29, 0.717) is 40.8 Å². The monoisotopic (exact) mass is 594 g/mol. The number of nitrogens with zero attached hydrogens (tertiary/aromatic N) is 3. The maximum Gasteiger partial charge on any atom is 0.257 e. The van der Waals surface area contributed by atoms with Gasteiger partial charge in [-0.05, 0) is 68.2 Å². The molecule has 11 heteroatoms. The molecule has 1 aromatic heterocycles. The lowest BCUT2D eigenvalue weighted by atomic mass is 10.1. The molecular formula is C30H35ClN4O5Si. The summed E-state index contributed by atoms with van der Waals surface area (Å²) in [6, 6.07) is 11.0. The van der Waals surface area contributed by atoms with E-state index in [0.717, 1.165) is 31.2 Å². The minimum atomic E-state index is -1.70. The average Bonchev–Trinajstić information content (AvgIpc) is 3.41. The number of ether oxygens (including phenoxy) is 2. The van der Waals surface area contributed by atoms with Crippen LogP contribution in [-0.2, 0) is 4.43 Å². The van der Waals surface area contributed by atoms with Gasteiger partial charge in [0.25, 0.3) is 11.8 Å². The number of amides is 2. The fraction of sp³-hybridized carbons (Fsp3) is 0.400. The summed E-state index contributed by atoms with van der Waals surface area (Å²) in [5.74, 6) is 1.02. The zero-order valence-electron chi connectivity index (χ0n) is 24.0. The van der Waals surface area contributed by atoms with Crippen molar-refractivity contribution in [1.29, 1.82) is 0 Å². The lowest BCUT2D eigenvalue weighted by Gasteiger charge is -2.31. The van der Waals surface area contributed by atoms with Crippen LogP contribution >= 0.6 is 11.6 Å². The van der Waals surface area contributed by atoms with Crippen molar-refractivity contribution in [3.63, 3.8) is 0 Å². The molecule has 0 spiro atoms. The summed E-state index contributed by atoms with van der Waals surface area (Å²) in [5, 5.41) is 3.33. The SMILES string of the molecule is Cc1cnc(NC(=O)c2cc(Oc3ccc(C(=O)N4CCC4)cc3Cl)cc(O[C@@H](C)CO[Si]3(C)CC3(C)C)c2)cn1. The highest BCUT2D eigenvalue weighted by molar-refractivity contribution is 6.86. The topological polar surface area (TPSA) is 103 Å². The molecule has 2 amide bonds. The molecular weight excluding hydrogens is 560 g/mol. The summed E-state index contributed by atoms with van der Waals surface area (Å²) >= 11 is 6.51. The van der Waals surface area contributed by atoms with Crippen molar-refractivity contribution < 1.29 is 23.5 Å². The van der Waals surface area contributed by atoms with Crippen LogP contribution in [0.5, 0.6) is 17.2 Å². The molecule has 2 saturated heterocycles. The lowest BCUT2D eigenvalue weighted by molar-refractivity contribution is 0.0651. The summed E-state index contributed by atoms with van der Waals surface area (Å²) < 4.78 is 18.6. The summed E-state index contributed by atoms with van der Waals surface area (Å²) in [6.45, 7) is 12.5. The van der Waals surface area contributed by atoms with E-state index in [1.54, 1.807) is 47.5 Å². The smallest absolute Gasteiger partial charge is 0.257 e. The molecule has 1 unspecified atom stereocenters. The van der Waals surface area contributed by atoms with Crippen LogP contribution in [0.1, 0.15) is 53.6 Å². The molecule has 0 bridgehead atoms. The van der Waals surface area contributed by atoms with E-state index in [2.05, 4.69) is 35.7 Å². The number of halogens is 1. The number of likely N-dealkylation sites (tertiary alicyclic amines) is 1. The molecule has 2 aliphatic heterocycles. The lowest BCUT2D eigenvalue weighted by Crippen LogP contribution is -2.41. The van der Waals surface area contributed by atoms with Crippen LogP contribution in [0, 0.1) is 6.92 Å². The molecule has 0 aliphatic carbocycles. The molecule has 0 saturated carbocycles. The van der Waals surface area contributed by atoms with Crippen LogP contribution in [0.3, 0.4) is 0 Å². The Bertz CT molecular complexity index is 1460. The van der Waals surface area contributed by atoms with Gasteiger partial charge in [0.2, 0.25) is 0 Å². The zero-order chi connectivity index (χ0) is 29.4. The fourth-order valence-electron chi connectivity index (χ4n) is 4.63. The van der Waals surface area contributed by atoms with Crippen LogP contribution < -0.4 is 14.8 Å². The van der Waals surface area contributed by atoms with Gasteiger partial charge in [-0.15, -0.1) is 0 Å². The highest BCUT2D eigenvalue weighted by Crippen LogP contribution is 2.62. The van der Waals surface area contributed by atoms with Gasteiger partial charge in [-0.1, -0.05) is 25.4 Å². The third kappa shape index (κ3) is 6.71. The van der Waals surface area contributed by atoms with Gasteiger partial charge in [-0.2, -0.15) is 0 Å². The Balaban J connectivity index is 1.35. The van der Waals surface area contributed by atoms with Crippen molar-refractivity contribution in [2.45, 2.75) is 57.8 Å². The molecule has 2 aliphatic rings. The normalized spacial score (nSPS) is 19.6. The van der Waals surface area contributed by atoms with Crippen LogP contribution in [0.15, 0.2) is 48.8 Å². The molecule has 1 N–H and O–H groups in total. The fourth-order valence-corrected chi connectivity index (χ4v) is 8.29. The Morgan fingerprint density at radius 1 is 1.10 bits per heavy atom. The van der Waals surface area contributed by atoms with Gasteiger partial charge in [0.15, 0.2) is 14.1 Å². The first-order valence-electron chi connectivity index (χ1n) is 13.7. The van der Waals surface area contributed by atoms with Gasteiger partial charge in [0.05, 0.1) is 29.7 Å². The number of benzene rings is 2. The van der Waals surface area contributed by atoms with Crippen molar-refractivity contribution in [3.05, 3.63) is 70.6 Å². The number of anilines is 1. The summed E-state index contributed by atoms with van der Waals surface area (Å²) in [7, 11) is -1.70. The summed E-state index contributed by atoms with van der Waals surface area (Å²) in [4.78, 5) is 35.9. The second-order valence-corrected chi connectivity index (χ2v) is 16.5. The second kappa shape index (κ2) is 11.4. The largest absolute Gasteiger partial charge is 0.488 e. The van der Waals surface area contributed by atoms with Gasteiger partial charge < -0.3 is 24.1 Å². The van der Waals surface area contributed by atoms with E-state index < -0.39 is 14.2 Å².